The van der Waals surface area contributed by atoms with Gasteiger partial charge in [-0.1, -0.05) is 40.2 Å². The van der Waals surface area contributed by atoms with Gasteiger partial charge >= 0.3 is 0 Å². The summed E-state index contributed by atoms with van der Waals surface area (Å²) in [6.07, 6.45) is 1.01. The molecule has 0 radical (unpaired) electrons. The molecular formula is C18H19BrN2O. The van der Waals surface area contributed by atoms with Crippen LogP contribution < -0.4 is 5.32 Å². The Morgan fingerprint density at radius 3 is 2.55 bits per heavy atom. The fourth-order valence-corrected chi connectivity index (χ4v) is 3.06. The highest BCUT2D eigenvalue weighted by molar-refractivity contribution is 9.10. The second-order valence-electron chi connectivity index (χ2n) is 5.66. The Bertz CT molecular complexity index is 669. The van der Waals surface area contributed by atoms with Gasteiger partial charge in [-0.3, -0.25) is 9.69 Å². The standard InChI is InChI=1S/C18H19BrN2O/c1-13(18(22)20-17-8-6-16(19)7-9-17)21-11-10-14-4-2-3-5-15(14)12-21/h2-9,13H,10-12H2,1H3,(H,20,22). The number of hydrogen-bond acceptors (Lipinski definition) is 2. The minimum atomic E-state index is -0.142. The SMILES string of the molecule is CC(C(=O)Nc1ccc(Br)cc1)N1CCc2ccccc2C1. The molecule has 2 aromatic rings. The summed E-state index contributed by atoms with van der Waals surface area (Å²) >= 11 is 3.40. The predicted octanol–water partition coefficient (Wildman–Crippen LogP) is 3.83. The van der Waals surface area contributed by atoms with Crippen molar-refractivity contribution in [3.05, 3.63) is 64.1 Å². The zero-order valence-electron chi connectivity index (χ0n) is 12.6. The Kier molecular flexibility index (Phi) is 4.60. The molecule has 1 atom stereocenters. The number of amides is 1. The van der Waals surface area contributed by atoms with E-state index in [0.717, 1.165) is 29.7 Å². The third kappa shape index (κ3) is 3.39. The van der Waals surface area contributed by atoms with Crippen molar-refractivity contribution in [1.82, 2.24) is 4.90 Å². The first-order chi connectivity index (χ1) is 10.6. The maximum Gasteiger partial charge on any atom is 0.241 e. The van der Waals surface area contributed by atoms with E-state index in [1.165, 1.54) is 11.1 Å². The zero-order valence-corrected chi connectivity index (χ0v) is 14.1. The number of nitrogens with zero attached hydrogens (tertiary/aromatic N) is 1. The van der Waals surface area contributed by atoms with Gasteiger partial charge in [0.05, 0.1) is 6.04 Å². The van der Waals surface area contributed by atoms with Crippen molar-refractivity contribution >= 4 is 27.5 Å². The van der Waals surface area contributed by atoms with Gasteiger partial charge in [0.1, 0.15) is 0 Å². The minimum Gasteiger partial charge on any atom is -0.325 e. The highest BCUT2D eigenvalue weighted by Gasteiger charge is 2.25. The summed E-state index contributed by atoms with van der Waals surface area (Å²) in [6, 6.07) is 16.0. The fourth-order valence-electron chi connectivity index (χ4n) is 2.79. The van der Waals surface area contributed by atoms with E-state index >= 15 is 0 Å². The molecule has 0 bridgehead atoms. The van der Waals surface area contributed by atoms with E-state index < -0.39 is 0 Å². The van der Waals surface area contributed by atoms with Gasteiger partial charge in [-0.05, 0) is 48.7 Å². The molecule has 4 heteroatoms. The Hall–Kier alpha value is -1.65. The smallest absolute Gasteiger partial charge is 0.241 e. The summed E-state index contributed by atoms with van der Waals surface area (Å²) in [6.45, 7) is 3.74. The van der Waals surface area contributed by atoms with E-state index in [-0.39, 0.29) is 11.9 Å². The molecule has 0 spiro atoms. The molecule has 0 fully saturated rings. The topological polar surface area (TPSA) is 32.3 Å². The summed E-state index contributed by atoms with van der Waals surface area (Å²) in [4.78, 5) is 14.7. The van der Waals surface area contributed by atoms with Crippen LogP contribution in [0.2, 0.25) is 0 Å². The van der Waals surface area contributed by atoms with Crippen molar-refractivity contribution in [3.63, 3.8) is 0 Å². The molecule has 1 aliphatic rings. The van der Waals surface area contributed by atoms with Crippen molar-refractivity contribution in [3.8, 4) is 0 Å². The molecule has 3 rings (SSSR count). The Morgan fingerprint density at radius 2 is 1.82 bits per heavy atom. The average Bonchev–Trinajstić information content (AvgIpc) is 2.55. The van der Waals surface area contributed by atoms with Gasteiger partial charge in [0, 0.05) is 23.2 Å². The number of hydrogen-bond donors (Lipinski definition) is 1. The van der Waals surface area contributed by atoms with E-state index in [9.17, 15) is 4.79 Å². The first-order valence-electron chi connectivity index (χ1n) is 7.51. The van der Waals surface area contributed by atoms with Crippen LogP contribution in [0.4, 0.5) is 5.69 Å². The van der Waals surface area contributed by atoms with E-state index in [2.05, 4.69) is 50.4 Å². The van der Waals surface area contributed by atoms with Gasteiger partial charge in [0.2, 0.25) is 5.91 Å². The third-order valence-corrected chi connectivity index (χ3v) is 4.73. The van der Waals surface area contributed by atoms with Crippen molar-refractivity contribution in [2.75, 3.05) is 11.9 Å². The van der Waals surface area contributed by atoms with Crippen LogP contribution in [0.25, 0.3) is 0 Å². The van der Waals surface area contributed by atoms with Crippen molar-refractivity contribution < 1.29 is 4.79 Å². The second-order valence-corrected chi connectivity index (χ2v) is 6.58. The minimum absolute atomic E-state index is 0.0432. The van der Waals surface area contributed by atoms with Gasteiger partial charge in [-0.25, -0.2) is 0 Å². The number of anilines is 1. The van der Waals surface area contributed by atoms with Crippen molar-refractivity contribution in [1.29, 1.82) is 0 Å². The molecule has 0 saturated carbocycles. The number of halogens is 1. The second kappa shape index (κ2) is 6.63. The Morgan fingerprint density at radius 1 is 1.14 bits per heavy atom. The molecule has 1 amide bonds. The number of rotatable bonds is 3. The number of carbonyl (C=O) groups excluding carboxylic acids is 1. The van der Waals surface area contributed by atoms with Crippen LogP contribution in [0, 0.1) is 0 Å². The van der Waals surface area contributed by atoms with E-state index in [0.29, 0.717) is 0 Å². The Balaban J connectivity index is 1.65. The van der Waals surface area contributed by atoms with Crippen LogP contribution in [0.3, 0.4) is 0 Å². The van der Waals surface area contributed by atoms with Gasteiger partial charge < -0.3 is 5.32 Å². The lowest BCUT2D eigenvalue weighted by Crippen LogP contribution is -2.44. The van der Waals surface area contributed by atoms with Crippen LogP contribution in [0.15, 0.2) is 53.0 Å². The summed E-state index contributed by atoms with van der Waals surface area (Å²) in [7, 11) is 0. The molecule has 3 nitrogen and oxygen atoms in total. The molecule has 114 valence electrons. The fraction of sp³-hybridized carbons (Fsp3) is 0.278. The predicted molar refractivity (Wildman–Crippen MR) is 92.8 cm³/mol. The van der Waals surface area contributed by atoms with E-state index in [1.807, 2.05) is 31.2 Å². The summed E-state index contributed by atoms with van der Waals surface area (Å²) in [5.41, 5.74) is 3.56. The highest BCUT2D eigenvalue weighted by atomic mass is 79.9. The van der Waals surface area contributed by atoms with Crippen LogP contribution in [0.1, 0.15) is 18.1 Å². The summed E-state index contributed by atoms with van der Waals surface area (Å²) < 4.78 is 1.01. The van der Waals surface area contributed by atoms with E-state index in [1.54, 1.807) is 0 Å². The lowest BCUT2D eigenvalue weighted by molar-refractivity contribution is -0.121. The maximum atomic E-state index is 12.4. The maximum absolute atomic E-state index is 12.4. The molecule has 22 heavy (non-hydrogen) atoms. The van der Waals surface area contributed by atoms with Crippen molar-refractivity contribution in [2.45, 2.75) is 25.9 Å². The number of fused-ring (bicyclic) bond motifs is 1. The third-order valence-electron chi connectivity index (χ3n) is 4.20. The molecular weight excluding hydrogens is 340 g/mol. The van der Waals surface area contributed by atoms with Crippen molar-refractivity contribution in [2.24, 2.45) is 0 Å². The molecule has 0 aliphatic carbocycles. The van der Waals surface area contributed by atoms with Crippen LogP contribution in [0.5, 0.6) is 0 Å². The van der Waals surface area contributed by atoms with Gasteiger partial charge in [-0.2, -0.15) is 0 Å². The van der Waals surface area contributed by atoms with E-state index in [4.69, 9.17) is 0 Å². The first kappa shape index (κ1) is 15.3. The van der Waals surface area contributed by atoms with Crippen LogP contribution in [-0.2, 0) is 17.8 Å². The molecule has 0 aromatic heterocycles. The molecule has 2 aromatic carbocycles. The first-order valence-corrected chi connectivity index (χ1v) is 8.30. The summed E-state index contributed by atoms with van der Waals surface area (Å²) in [5.74, 6) is 0.0432. The zero-order chi connectivity index (χ0) is 15.5. The monoisotopic (exact) mass is 358 g/mol. The van der Waals surface area contributed by atoms with Gasteiger partial charge in [-0.15, -0.1) is 0 Å². The normalized spacial score (nSPS) is 15.9. The molecule has 1 unspecified atom stereocenters. The van der Waals surface area contributed by atoms with Gasteiger partial charge in [0.25, 0.3) is 0 Å². The highest BCUT2D eigenvalue weighted by Crippen LogP contribution is 2.21. The lowest BCUT2D eigenvalue weighted by Gasteiger charge is -2.32. The lowest BCUT2D eigenvalue weighted by atomic mass is 9.99. The molecule has 1 N–H and O–H groups in total. The number of nitrogens with one attached hydrogen (secondary N) is 1. The van der Waals surface area contributed by atoms with Crippen LogP contribution in [-0.4, -0.2) is 23.4 Å². The number of benzene rings is 2. The number of carbonyl (C=O) groups is 1. The average molecular weight is 359 g/mol. The Labute approximate surface area is 139 Å². The molecule has 1 heterocycles. The van der Waals surface area contributed by atoms with Gasteiger partial charge in [0.15, 0.2) is 0 Å². The quantitative estimate of drug-likeness (QED) is 0.903. The largest absolute Gasteiger partial charge is 0.325 e. The summed E-state index contributed by atoms with van der Waals surface area (Å²) in [5, 5.41) is 2.99. The molecule has 0 saturated heterocycles. The van der Waals surface area contributed by atoms with Crippen LogP contribution >= 0.6 is 15.9 Å². The molecule has 1 aliphatic heterocycles.